The molecule has 0 saturated heterocycles. The number of aromatic nitrogens is 2. The number of rotatable bonds is 0. The number of benzene rings is 2. The fraction of sp³-hybridized carbons (Fsp3) is 0.0667. The molecule has 0 aliphatic rings. The summed E-state index contributed by atoms with van der Waals surface area (Å²) in [6.45, 7) is 2.08. The smallest absolute Gasteiger partial charge is 0.197 e. The van der Waals surface area contributed by atoms with Gasteiger partial charge in [-0.15, -0.1) is 0 Å². The van der Waals surface area contributed by atoms with Gasteiger partial charge in [0.15, 0.2) is 4.77 Å². The molecular formula is C15H14N2S. The molecule has 90 valence electrons. The zero-order chi connectivity index (χ0) is 12.8. The van der Waals surface area contributed by atoms with Crippen molar-refractivity contribution in [2.75, 3.05) is 0 Å². The number of hydrogen-bond donors (Lipinski definition) is 1. The molecule has 0 spiro atoms. The Kier molecular flexibility index (Phi) is 4.20. The summed E-state index contributed by atoms with van der Waals surface area (Å²) < 4.78 is 0.531. The maximum Gasteiger partial charge on any atom is 0.197 e. The van der Waals surface area contributed by atoms with Gasteiger partial charge in [0.25, 0.3) is 0 Å². The second-order valence-corrected chi connectivity index (χ2v) is 4.32. The number of H-pyrrole nitrogens is 1. The number of aryl methyl sites for hydroxylation is 1. The highest BCUT2D eigenvalue weighted by Crippen LogP contribution is 2.07. The summed E-state index contributed by atoms with van der Waals surface area (Å²) in [7, 11) is 0. The first-order valence-electron chi connectivity index (χ1n) is 5.71. The van der Waals surface area contributed by atoms with Crippen molar-refractivity contribution in [3.63, 3.8) is 0 Å². The highest BCUT2D eigenvalue weighted by atomic mass is 32.1. The molecule has 0 bridgehead atoms. The summed E-state index contributed by atoms with van der Waals surface area (Å²) in [4.78, 5) is 6.96. The Morgan fingerprint density at radius 1 is 0.944 bits per heavy atom. The van der Waals surface area contributed by atoms with Crippen molar-refractivity contribution >= 4 is 23.1 Å². The Bertz CT molecular complexity index is 674. The van der Waals surface area contributed by atoms with Crippen molar-refractivity contribution in [1.29, 1.82) is 0 Å². The lowest BCUT2D eigenvalue weighted by molar-refractivity contribution is 1.19. The van der Waals surface area contributed by atoms with Gasteiger partial charge in [0.2, 0.25) is 0 Å². The van der Waals surface area contributed by atoms with E-state index in [-0.39, 0.29) is 0 Å². The monoisotopic (exact) mass is 254 g/mol. The fourth-order valence-corrected chi connectivity index (χ4v) is 1.70. The third kappa shape index (κ3) is 3.50. The molecule has 0 fully saturated rings. The van der Waals surface area contributed by atoms with Crippen molar-refractivity contribution in [3.8, 4) is 0 Å². The number of hydrogen-bond acceptors (Lipinski definition) is 2. The molecule has 1 heterocycles. The average molecular weight is 254 g/mol. The maximum absolute atomic E-state index is 4.87. The van der Waals surface area contributed by atoms with E-state index in [9.17, 15) is 0 Å². The summed E-state index contributed by atoms with van der Waals surface area (Å²) in [5.41, 5.74) is 2.36. The summed E-state index contributed by atoms with van der Waals surface area (Å²) in [6.07, 6.45) is 1.77. The minimum absolute atomic E-state index is 0.531. The maximum atomic E-state index is 4.87. The van der Waals surface area contributed by atoms with Gasteiger partial charge in [-0.25, -0.2) is 4.98 Å². The van der Waals surface area contributed by atoms with Crippen LogP contribution in [0.15, 0.2) is 60.8 Å². The predicted octanol–water partition coefficient (Wildman–Crippen LogP) is 4.29. The third-order valence-corrected chi connectivity index (χ3v) is 2.67. The second-order valence-electron chi connectivity index (χ2n) is 3.93. The van der Waals surface area contributed by atoms with Gasteiger partial charge in [-0.1, -0.05) is 54.1 Å². The summed E-state index contributed by atoms with van der Waals surface area (Å²) in [5, 5.41) is 1.08. The predicted molar refractivity (Wildman–Crippen MR) is 78.1 cm³/mol. The first kappa shape index (κ1) is 12.5. The fourth-order valence-electron chi connectivity index (χ4n) is 1.53. The topological polar surface area (TPSA) is 28.7 Å². The van der Waals surface area contributed by atoms with E-state index in [0.29, 0.717) is 4.77 Å². The Balaban J connectivity index is 0.000000149. The van der Waals surface area contributed by atoms with Crippen LogP contribution in [0.25, 0.3) is 10.9 Å². The minimum atomic E-state index is 0.531. The van der Waals surface area contributed by atoms with E-state index in [0.717, 1.165) is 10.9 Å². The Morgan fingerprint density at radius 3 is 2.28 bits per heavy atom. The van der Waals surface area contributed by atoms with E-state index in [1.165, 1.54) is 5.56 Å². The van der Waals surface area contributed by atoms with E-state index in [1.807, 2.05) is 42.5 Å². The molecule has 0 radical (unpaired) electrons. The first-order valence-corrected chi connectivity index (χ1v) is 6.12. The Hall–Kier alpha value is -2.00. The van der Waals surface area contributed by atoms with Gasteiger partial charge >= 0.3 is 0 Å². The van der Waals surface area contributed by atoms with Gasteiger partial charge < -0.3 is 4.98 Å². The van der Waals surface area contributed by atoms with Crippen LogP contribution in [0, 0.1) is 11.7 Å². The van der Waals surface area contributed by atoms with E-state index in [4.69, 9.17) is 12.2 Å². The quantitative estimate of drug-likeness (QED) is 0.606. The van der Waals surface area contributed by atoms with Crippen molar-refractivity contribution in [2.24, 2.45) is 0 Å². The van der Waals surface area contributed by atoms with Gasteiger partial charge in [0, 0.05) is 17.1 Å². The van der Waals surface area contributed by atoms with Crippen LogP contribution >= 0.6 is 12.2 Å². The normalized spacial score (nSPS) is 9.61. The van der Waals surface area contributed by atoms with Gasteiger partial charge in [-0.05, 0) is 25.2 Å². The lowest BCUT2D eigenvalue weighted by Gasteiger charge is -1.93. The van der Waals surface area contributed by atoms with E-state index < -0.39 is 0 Å². The van der Waals surface area contributed by atoms with Crippen LogP contribution in [-0.2, 0) is 0 Å². The molecule has 3 aromatic rings. The van der Waals surface area contributed by atoms with E-state index >= 15 is 0 Å². The number of nitrogens with zero attached hydrogens (tertiary/aromatic N) is 1. The molecule has 2 aromatic carbocycles. The molecule has 18 heavy (non-hydrogen) atoms. The molecule has 0 aliphatic carbocycles. The second kappa shape index (κ2) is 6.07. The molecule has 0 atom stereocenters. The zero-order valence-electron chi connectivity index (χ0n) is 10.1. The van der Waals surface area contributed by atoms with E-state index in [1.54, 1.807) is 6.20 Å². The number of fused-ring (bicyclic) bond motifs is 1. The molecule has 1 N–H and O–H groups in total. The SMILES string of the molecule is Cc1ccccc1.S=c1ncc2ccccc2[nH]1. The van der Waals surface area contributed by atoms with Crippen LogP contribution in [0.4, 0.5) is 0 Å². The number of para-hydroxylation sites is 1. The third-order valence-electron chi connectivity index (χ3n) is 2.46. The van der Waals surface area contributed by atoms with Crippen LogP contribution < -0.4 is 0 Å². The van der Waals surface area contributed by atoms with Gasteiger partial charge in [-0.3, -0.25) is 0 Å². The molecule has 0 amide bonds. The van der Waals surface area contributed by atoms with Crippen LogP contribution in [-0.4, -0.2) is 9.97 Å². The van der Waals surface area contributed by atoms with Gasteiger partial charge in [0.05, 0.1) is 0 Å². The summed E-state index contributed by atoms with van der Waals surface area (Å²) in [5.74, 6) is 0. The lowest BCUT2D eigenvalue weighted by Crippen LogP contribution is -1.81. The molecule has 1 aromatic heterocycles. The Labute approximate surface area is 111 Å². The zero-order valence-corrected chi connectivity index (χ0v) is 10.9. The number of nitrogens with one attached hydrogen (secondary N) is 1. The molecule has 0 unspecified atom stereocenters. The van der Waals surface area contributed by atoms with Crippen LogP contribution in [0.3, 0.4) is 0 Å². The average Bonchev–Trinajstić information content (AvgIpc) is 2.40. The molecule has 2 nitrogen and oxygen atoms in total. The van der Waals surface area contributed by atoms with Crippen LogP contribution in [0.2, 0.25) is 0 Å². The van der Waals surface area contributed by atoms with E-state index in [2.05, 4.69) is 29.0 Å². The van der Waals surface area contributed by atoms with Crippen molar-refractivity contribution in [3.05, 3.63) is 71.1 Å². The number of aromatic amines is 1. The molecule has 3 rings (SSSR count). The van der Waals surface area contributed by atoms with Crippen molar-refractivity contribution < 1.29 is 0 Å². The first-order chi connectivity index (χ1) is 8.75. The minimum Gasteiger partial charge on any atom is -0.330 e. The van der Waals surface area contributed by atoms with Gasteiger partial charge in [-0.2, -0.15) is 0 Å². The van der Waals surface area contributed by atoms with Crippen molar-refractivity contribution in [2.45, 2.75) is 6.92 Å². The molecule has 0 saturated carbocycles. The summed E-state index contributed by atoms with van der Waals surface area (Å²) in [6, 6.07) is 18.2. The lowest BCUT2D eigenvalue weighted by atomic mass is 10.2. The summed E-state index contributed by atoms with van der Waals surface area (Å²) >= 11 is 4.87. The molecule has 3 heteroatoms. The van der Waals surface area contributed by atoms with Gasteiger partial charge in [0.1, 0.15) is 0 Å². The van der Waals surface area contributed by atoms with Crippen molar-refractivity contribution in [1.82, 2.24) is 9.97 Å². The largest absolute Gasteiger partial charge is 0.330 e. The van der Waals surface area contributed by atoms with Crippen LogP contribution in [0.5, 0.6) is 0 Å². The molecule has 0 aliphatic heterocycles. The Morgan fingerprint density at radius 2 is 1.61 bits per heavy atom. The molecular weight excluding hydrogens is 240 g/mol. The highest BCUT2D eigenvalue weighted by Gasteiger charge is 1.88. The van der Waals surface area contributed by atoms with Crippen LogP contribution in [0.1, 0.15) is 5.56 Å². The highest BCUT2D eigenvalue weighted by molar-refractivity contribution is 7.71. The standard InChI is InChI=1S/C8H6N2S.C7H8/c11-8-9-5-6-3-1-2-4-7(6)10-8;1-7-5-3-2-4-6-7/h1-5H,(H,9,10,11);2-6H,1H3.